The Kier molecular flexibility index (Phi) is 11.6. The van der Waals surface area contributed by atoms with Gasteiger partial charge in [-0.3, -0.25) is 14.4 Å². The number of aromatic nitrogens is 1. The van der Waals surface area contributed by atoms with Crippen molar-refractivity contribution in [3.63, 3.8) is 0 Å². The van der Waals surface area contributed by atoms with E-state index in [0.29, 0.717) is 42.3 Å². The van der Waals surface area contributed by atoms with Crippen LogP contribution in [0.2, 0.25) is 0 Å². The summed E-state index contributed by atoms with van der Waals surface area (Å²) in [5, 5.41) is 24.8. The van der Waals surface area contributed by atoms with Crippen LogP contribution in [0.1, 0.15) is 81.2 Å². The molecule has 0 atom stereocenters. The van der Waals surface area contributed by atoms with Crippen LogP contribution in [0.5, 0.6) is 0 Å². The summed E-state index contributed by atoms with van der Waals surface area (Å²) >= 11 is 0. The van der Waals surface area contributed by atoms with Crippen molar-refractivity contribution in [2.75, 3.05) is 17.2 Å². The lowest BCUT2D eigenvalue weighted by atomic mass is 9.86. The van der Waals surface area contributed by atoms with Crippen LogP contribution >= 0.6 is 0 Å². The first-order chi connectivity index (χ1) is 25.9. The smallest absolute Gasteiger partial charge is 0.335 e. The van der Waals surface area contributed by atoms with Gasteiger partial charge in [-0.25, -0.2) is 13.2 Å². The third kappa shape index (κ3) is 8.53. The van der Waals surface area contributed by atoms with Crippen molar-refractivity contribution in [3.8, 4) is 0 Å². The molecule has 2 amide bonds. The number of aryl methyl sites for hydroxylation is 2. The summed E-state index contributed by atoms with van der Waals surface area (Å²) in [7, 11) is -4.00. The first-order valence-corrected chi connectivity index (χ1v) is 19.4. The number of anilines is 2. The first-order valence-electron chi connectivity index (χ1n) is 17.9. The molecule has 5 aromatic rings. The molecule has 6 rings (SSSR count). The number of aromatic carboxylic acids is 1. The fourth-order valence-electron chi connectivity index (χ4n) is 7.08. The summed E-state index contributed by atoms with van der Waals surface area (Å²) in [5.41, 5.74) is 3.87. The van der Waals surface area contributed by atoms with E-state index >= 15 is 0 Å². The molecule has 54 heavy (non-hydrogen) atoms. The number of sulfonamides is 1. The summed E-state index contributed by atoms with van der Waals surface area (Å²) in [6.07, 6.45) is 4.12. The van der Waals surface area contributed by atoms with Crippen LogP contribution in [-0.2, 0) is 27.7 Å². The summed E-state index contributed by atoms with van der Waals surface area (Å²) in [6, 6.07) is 26.9. The molecular weight excluding hydrogens is 709 g/mol. The van der Waals surface area contributed by atoms with Crippen LogP contribution in [0, 0.1) is 5.92 Å². The van der Waals surface area contributed by atoms with E-state index in [9.17, 15) is 32.7 Å². The average molecular weight is 751 g/mol. The molecule has 1 aliphatic carbocycles. The number of nitrogens with one attached hydrogen (secondary N) is 3. The molecule has 1 heterocycles. The number of carbonyl (C=O) groups excluding carboxylic acids is 2. The summed E-state index contributed by atoms with van der Waals surface area (Å²) < 4.78 is 29.0. The third-order valence-electron chi connectivity index (χ3n) is 9.98. The maximum absolute atomic E-state index is 13.8. The van der Waals surface area contributed by atoms with E-state index in [1.807, 2.05) is 36.4 Å². The van der Waals surface area contributed by atoms with Gasteiger partial charge < -0.3 is 25.8 Å². The molecule has 1 aromatic heterocycles. The van der Waals surface area contributed by atoms with Crippen molar-refractivity contribution in [1.82, 2.24) is 9.29 Å². The number of H-pyrrole nitrogens is 1. The molecule has 1 saturated carbocycles. The summed E-state index contributed by atoms with van der Waals surface area (Å²) in [5.74, 6) is -3.20. The van der Waals surface area contributed by atoms with Crippen molar-refractivity contribution in [2.45, 2.75) is 62.8 Å². The summed E-state index contributed by atoms with van der Waals surface area (Å²) in [4.78, 5) is 53.0. The number of para-hydroxylation sites is 1. The molecule has 0 bridgehead atoms. The Labute approximate surface area is 313 Å². The number of rotatable bonds is 14. The van der Waals surface area contributed by atoms with Gasteiger partial charge in [-0.2, -0.15) is 4.31 Å². The number of hydrogen-bond acceptors (Lipinski definition) is 6. The highest BCUT2D eigenvalue weighted by atomic mass is 32.2. The number of aliphatic carboxylic acids is 1. The fraction of sp³-hybridized carbons (Fsp3) is 0.268. The topological polar surface area (TPSA) is 186 Å². The third-order valence-corrected chi connectivity index (χ3v) is 12.0. The Morgan fingerprint density at radius 2 is 1.41 bits per heavy atom. The van der Waals surface area contributed by atoms with Crippen LogP contribution in [0.15, 0.2) is 102 Å². The van der Waals surface area contributed by atoms with Crippen molar-refractivity contribution in [2.24, 2.45) is 5.92 Å². The van der Waals surface area contributed by atoms with Crippen LogP contribution in [-0.4, -0.2) is 64.3 Å². The van der Waals surface area contributed by atoms with Gasteiger partial charge in [-0.1, -0.05) is 55.5 Å². The highest BCUT2D eigenvalue weighted by Crippen LogP contribution is 2.32. The normalized spacial score (nSPS) is 15.9. The molecule has 1 fully saturated rings. The Bertz CT molecular complexity index is 2280. The fourth-order valence-corrected chi connectivity index (χ4v) is 8.83. The van der Waals surface area contributed by atoms with E-state index in [1.54, 1.807) is 43.3 Å². The zero-order valence-corrected chi connectivity index (χ0v) is 30.6. The van der Waals surface area contributed by atoms with Crippen LogP contribution in [0.4, 0.5) is 11.5 Å². The SMILES string of the molecule is CCN(C1CCC(C(=O)O)CC1)S(=O)(=O)c1cccc(C(=O)Nc2[nH]c3ccccc3c2C(=O)Nc2ccc(CCCc3ccc(C(=O)O)cc3)cc2)c1. The van der Waals surface area contributed by atoms with Gasteiger partial charge in [0.2, 0.25) is 10.0 Å². The maximum atomic E-state index is 13.8. The minimum atomic E-state index is -4.00. The van der Waals surface area contributed by atoms with Gasteiger partial charge in [0.1, 0.15) is 5.82 Å². The number of carbonyl (C=O) groups is 4. The van der Waals surface area contributed by atoms with E-state index in [4.69, 9.17) is 5.11 Å². The van der Waals surface area contributed by atoms with Gasteiger partial charge in [0.15, 0.2) is 0 Å². The van der Waals surface area contributed by atoms with Crippen LogP contribution < -0.4 is 10.6 Å². The molecule has 0 radical (unpaired) electrons. The molecule has 0 spiro atoms. The summed E-state index contributed by atoms with van der Waals surface area (Å²) in [6.45, 7) is 1.94. The second-order valence-corrected chi connectivity index (χ2v) is 15.4. The Morgan fingerprint density at radius 3 is 2.04 bits per heavy atom. The molecule has 0 unspecified atom stereocenters. The Morgan fingerprint density at radius 1 is 0.759 bits per heavy atom. The highest BCUT2D eigenvalue weighted by Gasteiger charge is 2.35. The zero-order chi connectivity index (χ0) is 38.4. The predicted molar refractivity (Wildman–Crippen MR) is 205 cm³/mol. The van der Waals surface area contributed by atoms with Gasteiger partial charge in [0, 0.05) is 34.7 Å². The molecule has 13 heteroatoms. The predicted octanol–water partition coefficient (Wildman–Crippen LogP) is 7.20. The lowest BCUT2D eigenvalue weighted by Gasteiger charge is -2.34. The minimum Gasteiger partial charge on any atom is -0.481 e. The quantitative estimate of drug-likeness (QED) is 0.0789. The molecule has 1 aliphatic rings. The number of aromatic amines is 1. The van der Waals surface area contributed by atoms with Gasteiger partial charge in [0.05, 0.1) is 21.9 Å². The number of fused-ring (bicyclic) bond motifs is 1. The number of amides is 2. The standard InChI is InChI=1S/C41H42N4O8S/c1-2-45(32-23-19-29(20-24-32)41(50)51)54(52,53)33-10-6-9-30(25-33)38(46)44-37-36(34-11-3-4-12-35(34)43-37)39(47)42-31-21-15-27(16-22-31)8-5-7-26-13-17-28(18-14-26)40(48)49/h3-4,6,9-18,21-22,25,29,32,43H,2,5,7-8,19-20,23-24H2,1H3,(H,42,47)(H,44,46)(H,48,49)(H,50,51). The van der Waals surface area contributed by atoms with Crippen LogP contribution in [0.25, 0.3) is 10.9 Å². The second-order valence-electron chi connectivity index (χ2n) is 13.5. The van der Waals surface area contributed by atoms with Gasteiger partial charge in [-0.15, -0.1) is 0 Å². The zero-order valence-electron chi connectivity index (χ0n) is 29.7. The van der Waals surface area contributed by atoms with Gasteiger partial charge >= 0.3 is 11.9 Å². The number of carboxylic acids is 2. The molecule has 0 aliphatic heterocycles. The number of carboxylic acid groups (broad SMARTS) is 2. The van der Waals surface area contributed by atoms with Crippen molar-refractivity contribution in [1.29, 1.82) is 0 Å². The number of nitrogens with zero attached hydrogens (tertiary/aromatic N) is 1. The lowest BCUT2D eigenvalue weighted by Crippen LogP contribution is -2.42. The van der Waals surface area contributed by atoms with Gasteiger partial charge in [0.25, 0.3) is 11.8 Å². The second kappa shape index (κ2) is 16.5. The van der Waals surface area contributed by atoms with E-state index < -0.39 is 39.7 Å². The molecule has 4 aromatic carbocycles. The maximum Gasteiger partial charge on any atom is 0.335 e. The highest BCUT2D eigenvalue weighted by molar-refractivity contribution is 7.89. The molecule has 5 N–H and O–H groups in total. The van der Waals surface area contributed by atoms with Crippen molar-refractivity contribution in [3.05, 3.63) is 125 Å². The Hall–Kier alpha value is -5.79. The molecule has 0 saturated heterocycles. The number of benzene rings is 4. The van der Waals surface area contributed by atoms with E-state index in [1.165, 1.54) is 28.6 Å². The Balaban J connectivity index is 1.13. The molecule has 280 valence electrons. The van der Waals surface area contributed by atoms with Crippen molar-refractivity contribution < 1.29 is 37.8 Å². The van der Waals surface area contributed by atoms with Gasteiger partial charge in [-0.05, 0) is 105 Å². The average Bonchev–Trinajstić information content (AvgIpc) is 3.54. The molecular formula is C41H42N4O8S. The lowest BCUT2D eigenvalue weighted by molar-refractivity contribution is -0.143. The monoisotopic (exact) mass is 750 g/mol. The van der Waals surface area contributed by atoms with E-state index in [0.717, 1.165) is 30.4 Å². The van der Waals surface area contributed by atoms with Crippen LogP contribution in [0.3, 0.4) is 0 Å². The largest absolute Gasteiger partial charge is 0.481 e. The first kappa shape index (κ1) is 38.0. The van der Waals surface area contributed by atoms with E-state index in [2.05, 4.69) is 15.6 Å². The minimum absolute atomic E-state index is 0.0511. The number of hydrogen-bond donors (Lipinski definition) is 5. The van der Waals surface area contributed by atoms with E-state index in [-0.39, 0.29) is 40.0 Å². The molecule has 12 nitrogen and oxygen atoms in total. The van der Waals surface area contributed by atoms with Crippen molar-refractivity contribution >= 4 is 56.2 Å².